The van der Waals surface area contributed by atoms with Crippen LogP contribution in [-0.4, -0.2) is 38.0 Å². The van der Waals surface area contributed by atoms with Crippen LogP contribution < -0.4 is 19.5 Å². The zero-order valence-corrected chi connectivity index (χ0v) is 24.2. The molecule has 9 heteroatoms. The van der Waals surface area contributed by atoms with Gasteiger partial charge in [-0.25, -0.2) is 4.98 Å². The van der Waals surface area contributed by atoms with Gasteiger partial charge in [0.25, 0.3) is 0 Å². The normalized spacial score (nSPS) is 10.5. The van der Waals surface area contributed by atoms with E-state index < -0.39 is 0 Å². The van der Waals surface area contributed by atoms with Gasteiger partial charge in [0.15, 0.2) is 11.5 Å². The second-order valence-corrected chi connectivity index (χ2v) is 10.2. The molecule has 0 aliphatic heterocycles. The van der Waals surface area contributed by atoms with Crippen LogP contribution in [0.3, 0.4) is 0 Å². The van der Waals surface area contributed by atoms with Crippen molar-refractivity contribution in [2.75, 3.05) is 32.4 Å². The molecule has 4 rings (SSSR count). The third kappa shape index (κ3) is 6.50. The second kappa shape index (κ2) is 13.2. The van der Waals surface area contributed by atoms with Gasteiger partial charge in [0.2, 0.25) is 11.7 Å². The molecule has 204 valence electrons. The van der Waals surface area contributed by atoms with E-state index in [0.717, 1.165) is 11.1 Å². The van der Waals surface area contributed by atoms with Gasteiger partial charge < -0.3 is 19.5 Å². The maximum absolute atomic E-state index is 12.6. The molecule has 1 heterocycles. The standard InChI is InChI=1S/C31H28ClN3O4S/c1-19-10-11-22(16-25(19)32)34-29(36)12-13-40-31-24(18-33)23(17-26(35-31)20-8-6-5-7-9-20)21-14-27(37-2)30(39-4)28(15-21)38-3/h5-11,14-17H,12-13H2,1-4H3,(H,34,36). The number of ether oxygens (including phenoxy) is 3. The van der Waals surface area contributed by atoms with E-state index in [9.17, 15) is 10.1 Å². The number of amides is 1. The molecule has 1 N–H and O–H groups in total. The zero-order valence-electron chi connectivity index (χ0n) is 22.6. The Hall–Kier alpha value is -4.19. The lowest BCUT2D eigenvalue weighted by Crippen LogP contribution is -2.12. The summed E-state index contributed by atoms with van der Waals surface area (Å²) in [6.45, 7) is 1.90. The first kappa shape index (κ1) is 28.8. The quantitative estimate of drug-likeness (QED) is 0.198. The van der Waals surface area contributed by atoms with Gasteiger partial charge in [0.05, 0.1) is 32.6 Å². The molecule has 3 aromatic carbocycles. The van der Waals surface area contributed by atoms with Crippen molar-refractivity contribution < 1.29 is 19.0 Å². The summed E-state index contributed by atoms with van der Waals surface area (Å²) in [5.74, 6) is 1.66. The Balaban J connectivity index is 1.69. The lowest BCUT2D eigenvalue weighted by atomic mass is 9.98. The molecule has 0 saturated heterocycles. The van der Waals surface area contributed by atoms with Gasteiger partial charge >= 0.3 is 0 Å². The van der Waals surface area contributed by atoms with Gasteiger partial charge in [-0.3, -0.25) is 4.79 Å². The molecule has 0 bridgehead atoms. The van der Waals surface area contributed by atoms with Crippen LogP contribution in [0, 0.1) is 18.3 Å². The lowest BCUT2D eigenvalue weighted by Gasteiger charge is -2.16. The van der Waals surface area contributed by atoms with Gasteiger partial charge in [0.1, 0.15) is 11.1 Å². The van der Waals surface area contributed by atoms with Crippen LogP contribution in [0.4, 0.5) is 5.69 Å². The highest BCUT2D eigenvalue weighted by Crippen LogP contribution is 2.43. The first-order valence-electron chi connectivity index (χ1n) is 12.4. The van der Waals surface area contributed by atoms with Gasteiger partial charge in [0, 0.05) is 34.0 Å². The van der Waals surface area contributed by atoms with Crippen molar-refractivity contribution in [3.8, 4) is 45.7 Å². The highest BCUT2D eigenvalue weighted by molar-refractivity contribution is 7.99. The Kier molecular flexibility index (Phi) is 9.54. The molecule has 7 nitrogen and oxygen atoms in total. The predicted octanol–water partition coefficient (Wildman–Crippen LogP) is 7.40. The number of carbonyl (C=O) groups is 1. The van der Waals surface area contributed by atoms with Gasteiger partial charge in [-0.15, -0.1) is 11.8 Å². The number of nitrogens with one attached hydrogen (secondary N) is 1. The number of anilines is 1. The number of nitriles is 1. The van der Waals surface area contributed by atoms with Crippen LogP contribution in [0.2, 0.25) is 5.02 Å². The van der Waals surface area contributed by atoms with Crippen LogP contribution in [0.5, 0.6) is 17.2 Å². The molecule has 0 unspecified atom stereocenters. The minimum atomic E-state index is -0.157. The number of aromatic nitrogens is 1. The summed E-state index contributed by atoms with van der Waals surface area (Å²) in [5.41, 5.74) is 4.94. The molecule has 1 amide bonds. The Morgan fingerprint density at radius 2 is 1.68 bits per heavy atom. The van der Waals surface area contributed by atoms with E-state index in [2.05, 4.69) is 11.4 Å². The monoisotopic (exact) mass is 573 g/mol. The molecule has 40 heavy (non-hydrogen) atoms. The van der Waals surface area contributed by atoms with E-state index in [0.29, 0.717) is 61.1 Å². The molecule has 1 aromatic heterocycles. The Morgan fingerprint density at radius 3 is 2.27 bits per heavy atom. The summed E-state index contributed by atoms with van der Waals surface area (Å²) in [6, 6.07) is 22.9. The largest absolute Gasteiger partial charge is 0.493 e. The third-order valence-corrected chi connectivity index (χ3v) is 7.55. The van der Waals surface area contributed by atoms with E-state index >= 15 is 0 Å². The minimum absolute atomic E-state index is 0.157. The Bertz CT molecular complexity index is 1550. The topological polar surface area (TPSA) is 93.5 Å². The zero-order chi connectivity index (χ0) is 28.6. The summed E-state index contributed by atoms with van der Waals surface area (Å²) in [5, 5.41) is 14.2. The summed E-state index contributed by atoms with van der Waals surface area (Å²) < 4.78 is 16.6. The van der Waals surface area contributed by atoms with Crippen LogP contribution >= 0.6 is 23.4 Å². The van der Waals surface area contributed by atoms with Gasteiger partial charge in [-0.05, 0) is 48.4 Å². The van der Waals surface area contributed by atoms with Crippen molar-refractivity contribution in [2.45, 2.75) is 18.4 Å². The number of pyridine rings is 1. The van der Waals surface area contributed by atoms with Crippen molar-refractivity contribution in [1.82, 2.24) is 4.98 Å². The number of aryl methyl sites for hydroxylation is 1. The molecule has 0 radical (unpaired) electrons. The molecule has 0 saturated carbocycles. The van der Waals surface area contributed by atoms with E-state index in [1.807, 2.05) is 55.5 Å². The first-order chi connectivity index (χ1) is 19.4. The summed E-state index contributed by atoms with van der Waals surface area (Å²) in [4.78, 5) is 17.5. The number of thioether (sulfide) groups is 1. The fourth-order valence-corrected chi connectivity index (χ4v) is 5.21. The summed E-state index contributed by atoms with van der Waals surface area (Å²) >= 11 is 7.54. The summed E-state index contributed by atoms with van der Waals surface area (Å²) in [6.07, 6.45) is 0.220. The van der Waals surface area contributed by atoms with Crippen molar-refractivity contribution in [2.24, 2.45) is 0 Å². The number of nitrogens with zero attached hydrogens (tertiary/aromatic N) is 2. The van der Waals surface area contributed by atoms with Crippen LogP contribution in [-0.2, 0) is 4.79 Å². The van der Waals surface area contributed by atoms with E-state index in [1.54, 1.807) is 39.5 Å². The molecular weight excluding hydrogens is 546 g/mol. The Morgan fingerprint density at radius 1 is 0.975 bits per heavy atom. The number of hydrogen-bond donors (Lipinski definition) is 1. The number of hydrogen-bond acceptors (Lipinski definition) is 7. The highest BCUT2D eigenvalue weighted by Gasteiger charge is 2.20. The van der Waals surface area contributed by atoms with E-state index in [1.165, 1.54) is 11.8 Å². The molecule has 0 aliphatic carbocycles. The molecule has 0 atom stereocenters. The molecule has 0 fully saturated rings. The van der Waals surface area contributed by atoms with E-state index in [-0.39, 0.29) is 12.3 Å². The van der Waals surface area contributed by atoms with Crippen molar-refractivity contribution in [3.63, 3.8) is 0 Å². The molecule has 4 aromatic rings. The Labute approximate surface area is 243 Å². The lowest BCUT2D eigenvalue weighted by molar-refractivity contribution is -0.115. The van der Waals surface area contributed by atoms with E-state index in [4.69, 9.17) is 30.8 Å². The van der Waals surface area contributed by atoms with Crippen molar-refractivity contribution in [1.29, 1.82) is 5.26 Å². The van der Waals surface area contributed by atoms with Crippen molar-refractivity contribution >= 4 is 35.0 Å². The van der Waals surface area contributed by atoms with Crippen LogP contribution in [0.1, 0.15) is 17.5 Å². The summed E-state index contributed by atoms with van der Waals surface area (Å²) in [7, 11) is 4.63. The maximum atomic E-state index is 12.6. The number of carbonyl (C=O) groups excluding carboxylic acids is 1. The minimum Gasteiger partial charge on any atom is -0.493 e. The number of methoxy groups -OCH3 is 3. The maximum Gasteiger partial charge on any atom is 0.225 e. The average Bonchev–Trinajstić information content (AvgIpc) is 2.98. The number of rotatable bonds is 10. The fourth-order valence-electron chi connectivity index (χ4n) is 4.09. The first-order valence-corrected chi connectivity index (χ1v) is 13.7. The van der Waals surface area contributed by atoms with Crippen LogP contribution in [0.25, 0.3) is 22.4 Å². The SMILES string of the molecule is COc1cc(-c2cc(-c3ccccc3)nc(SCCC(=O)Nc3ccc(C)c(Cl)c3)c2C#N)cc(OC)c1OC. The van der Waals surface area contributed by atoms with Gasteiger partial charge in [-0.1, -0.05) is 48.0 Å². The van der Waals surface area contributed by atoms with Gasteiger partial charge in [-0.2, -0.15) is 5.26 Å². The molecule has 0 aliphatic rings. The molecule has 0 spiro atoms. The number of halogens is 1. The predicted molar refractivity (Wildman–Crippen MR) is 160 cm³/mol. The molecular formula is C31H28ClN3O4S. The number of benzene rings is 3. The smallest absolute Gasteiger partial charge is 0.225 e. The van der Waals surface area contributed by atoms with Crippen molar-refractivity contribution in [3.05, 3.63) is 82.9 Å². The third-order valence-electron chi connectivity index (χ3n) is 6.17. The highest BCUT2D eigenvalue weighted by atomic mass is 35.5. The second-order valence-electron chi connectivity index (χ2n) is 8.74. The fraction of sp³-hybridized carbons (Fsp3) is 0.194. The average molecular weight is 574 g/mol. The van der Waals surface area contributed by atoms with Crippen LogP contribution in [0.15, 0.2) is 71.8 Å².